The summed E-state index contributed by atoms with van der Waals surface area (Å²) < 4.78 is 32.4. The van der Waals surface area contributed by atoms with Crippen molar-refractivity contribution >= 4 is 15.9 Å². The molecule has 3 rings (SSSR count). The minimum atomic E-state index is -3.35. The molecule has 0 bridgehead atoms. The van der Waals surface area contributed by atoms with Gasteiger partial charge in [-0.05, 0) is 12.5 Å². The zero-order valence-corrected chi connectivity index (χ0v) is 14.3. The molecule has 0 aliphatic carbocycles. The van der Waals surface area contributed by atoms with Crippen LogP contribution in [0.2, 0.25) is 0 Å². The van der Waals surface area contributed by atoms with E-state index in [0.717, 1.165) is 0 Å². The van der Waals surface area contributed by atoms with Crippen LogP contribution in [-0.2, 0) is 26.1 Å². The highest BCUT2D eigenvalue weighted by molar-refractivity contribution is 7.88. The highest BCUT2D eigenvalue weighted by Crippen LogP contribution is 2.25. The molecule has 1 aromatic rings. The molecular weight excluding hydrogens is 334 g/mol. The summed E-state index contributed by atoms with van der Waals surface area (Å²) in [7, 11) is -3.35. The molecule has 2 saturated heterocycles. The maximum absolute atomic E-state index is 12.5. The standard InChI is InChI=1S/C15H21N3O5S/c1-24(21,22)18-8-9-23-13-5-7-17(10-12(13)18)15(20)11-16-6-3-2-4-14(16)19/h2-4,6,12-13H,5,7-11H2,1H3/t12-,13-/m0/s1. The summed E-state index contributed by atoms with van der Waals surface area (Å²) in [6, 6.07) is 4.36. The number of likely N-dealkylation sites (tertiary alicyclic amines) is 1. The van der Waals surface area contributed by atoms with E-state index in [0.29, 0.717) is 26.1 Å². The van der Waals surface area contributed by atoms with E-state index in [2.05, 4.69) is 0 Å². The van der Waals surface area contributed by atoms with Crippen molar-refractivity contribution in [3.8, 4) is 0 Å². The molecule has 24 heavy (non-hydrogen) atoms. The average Bonchev–Trinajstić information content (AvgIpc) is 2.55. The Balaban J connectivity index is 1.73. The van der Waals surface area contributed by atoms with Crippen LogP contribution in [0.3, 0.4) is 0 Å². The SMILES string of the molecule is CS(=O)(=O)N1CCO[C@H]2CCN(C(=O)Cn3ccccc3=O)C[C@@H]21. The number of nitrogens with zero attached hydrogens (tertiary/aromatic N) is 3. The number of piperidine rings is 1. The summed E-state index contributed by atoms with van der Waals surface area (Å²) >= 11 is 0. The number of ether oxygens (including phenoxy) is 1. The third kappa shape index (κ3) is 3.52. The molecular formula is C15H21N3O5S. The molecule has 0 N–H and O–H groups in total. The number of sulfonamides is 1. The second kappa shape index (κ2) is 6.66. The Labute approximate surface area is 140 Å². The van der Waals surface area contributed by atoms with Crippen LogP contribution < -0.4 is 5.56 Å². The second-order valence-corrected chi connectivity index (χ2v) is 8.08. The van der Waals surface area contributed by atoms with Crippen molar-refractivity contribution in [1.82, 2.24) is 13.8 Å². The molecule has 0 spiro atoms. The second-order valence-electron chi connectivity index (χ2n) is 6.15. The first-order chi connectivity index (χ1) is 11.4. The van der Waals surface area contributed by atoms with Crippen LogP contribution in [0, 0.1) is 0 Å². The van der Waals surface area contributed by atoms with E-state index in [9.17, 15) is 18.0 Å². The Morgan fingerprint density at radius 2 is 2.12 bits per heavy atom. The number of hydrogen-bond donors (Lipinski definition) is 0. The third-order valence-electron chi connectivity index (χ3n) is 4.52. The van der Waals surface area contributed by atoms with Crippen molar-refractivity contribution in [3.05, 3.63) is 34.7 Å². The van der Waals surface area contributed by atoms with E-state index < -0.39 is 10.0 Å². The van der Waals surface area contributed by atoms with Crippen molar-refractivity contribution in [2.24, 2.45) is 0 Å². The van der Waals surface area contributed by atoms with Crippen molar-refractivity contribution in [2.75, 3.05) is 32.5 Å². The van der Waals surface area contributed by atoms with E-state index >= 15 is 0 Å². The number of carbonyl (C=O) groups excluding carboxylic acids is 1. The fraction of sp³-hybridized carbons (Fsp3) is 0.600. The molecule has 0 unspecified atom stereocenters. The van der Waals surface area contributed by atoms with E-state index in [4.69, 9.17) is 4.74 Å². The molecule has 0 aromatic carbocycles. The minimum absolute atomic E-state index is 0.0448. The van der Waals surface area contributed by atoms with Crippen molar-refractivity contribution in [2.45, 2.75) is 25.1 Å². The fourth-order valence-corrected chi connectivity index (χ4v) is 4.42. The predicted octanol–water partition coefficient (Wildman–Crippen LogP) is -0.890. The van der Waals surface area contributed by atoms with E-state index in [-0.39, 0.29) is 36.7 Å². The Morgan fingerprint density at radius 3 is 2.83 bits per heavy atom. The molecule has 2 aliphatic rings. The molecule has 0 saturated carbocycles. The molecule has 1 aromatic heterocycles. The zero-order chi connectivity index (χ0) is 17.3. The molecule has 1 amide bonds. The lowest BCUT2D eigenvalue weighted by Gasteiger charge is -2.45. The Bertz CT molecular complexity index is 775. The number of amides is 1. The van der Waals surface area contributed by atoms with Gasteiger partial charge in [0.1, 0.15) is 6.54 Å². The van der Waals surface area contributed by atoms with Gasteiger partial charge in [0.05, 0.1) is 25.0 Å². The smallest absolute Gasteiger partial charge is 0.250 e. The van der Waals surface area contributed by atoms with E-state index in [1.54, 1.807) is 23.2 Å². The molecule has 2 fully saturated rings. The maximum atomic E-state index is 12.5. The summed E-state index contributed by atoms with van der Waals surface area (Å²) in [6.45, 7) is 1.43. The monoisotopic (exact) mass is 355 g/mol. The Hall–Kier alpha value is -1.71. The van der Waals surface area contributed by atoms with Gasteiger partial charge in [-0.2, -0.15) is 4.31 Å². The van der Waals surface area contributed by atoms with Crippen LogP contribution in [0.25, 0.3) is 0 Å². The van der Waals surface area contributed by atoms with Crippen LogP contribution in [0.15, 0.2) is 29.2 Å². The molecule has 9 heteroatoms. The molecule has 0 radical (unpaired) electrons. The van der Waals surface area contributed by atoms with Gasteiger partial charge in [0, 0.05) is 31.9 Å². The lowest BCUT2D eigenvalue weighted by Crippen LogP contribution is -2.62. The Morgan fingerprint density at radius 1 is 1.33 bits per heavy atom. The van der Waals surface area contributed by atoms with Gasteiger partial charge in [-0.15, -0.1) is 0 Å². The summed E-state index contributed by atoms with van der Waals surface area (Å²) in [4.78, 5) is 25.9. The van der Waals surface area contributed by atoms with Gasteiger partial charge < -0.3 is 14.2 Å². The van der Waals surface area contributed by atoms with Gasteiger partial charge in [0.2, 0.25) is 15.9 Å². The molecule has 2 aliphatic heterocycles. The highest BCUT2D eigenvalue weighted by atomic mass is 32.2. The number of aromatic nitrogens is 1. The normalized spacial score (nSPS) is 25.3. The van der Waals surface area contributed by atoms with Crippen LogP contribution >= 0.6 is 0 Å². The topological polar surface area (TPSA) is 88.9 Å². The summed E-state index contributed by atoms with van der Waals surface area (Å²) in [6.07, 6.45) is 3.16. The summed E-state index contributed by atoms with van der Waals surface area (Å²) in [5.41, 5.74) is -0.237. The van der Waals surface area contributed by atoms with Crippen molar-refractivity contribution in [1.29, 1.82) is 0 Å². The number of carbonyl (C=O) groups is 1. The van der Waals surface area contributed by atoms with Gasteiger partial charge in [0.15, 0.2) is 0 Å². The predicted molar refractivity (Wildman–Crippen MR) is 87.0 cm³/mol. The molecule has 2 atom stereocenters. The first-order valence-corrected chi connectivity index (χ1v) is 9.73. The maximum Gasteiger partial charge on any atom is 0.250 e. The minimum Gasteiger partial charge on any atom is -0.375 e. The van der Waals surface area contributed by atoms with Crippen molar-refractivity contribution in [3.63, 3.8) is 0 Å². The first kappa shape index (κ1) is 17.1. The zero-order valence-electron chi connectivity index (χ0n) is 13.5. The van der Waals surface area contributed by atoms with Gasteiger partial charge in [-0.25, -0.2) is 8.42 Å². The third-order valence-corrected chi connectivity index (χ3v) is 5.82. The van der Waals surface area contributed by atoms with Crippen LogP contribution in [0.4, 0.5) is 0 Å². The van der Waals surface area contributed by atoms with Crippen LogP contribution in [0.1, 0.15) is 6.42 Å². The lowest BCUT2D eigenvalue weighted by molar-refractivity contribution is -0.139. The van der Waals surface area contributed by atoms with Gasteiger partial charge in [-0.3, -0.25) is 9.59 Å². The van der Waals surface area contributed by atoms with Gasteiger partial charge in [0.25, 0.3) is 5.56 Å². The fourth-order valence-electron chi connectivity index (χ4n) is 3.32. The molecule has 3 heterocycles. The van der Waals surface area contributed by atoms with E-state index in [1.165, 1.54) is 21.2 Å². The number of rotatable bonds is 3. The number of morpholine rings is 1. The molecule has 8 nitrogen and oxygen atoms in total. The van der Waals surface area contributed by atoms with Gasteiger partial charge >= 0.3 is 0 Å². The van der Waals surface area contributed by atoms with Crippen LogP contribution in [0.5, 0.6) is 0 Å². The van der Waals surface area contributed by atoms with Crippen LogP contribution in [-0.4, -0.2) is 72.7 Å². The quantitative estimate of drug-likeness (QED) is 0.702. The lowest BCUT2D eigenvalue weighted by atomic mass is 10.0. The number of fused-ring (bicyclic) bond motifs is 1. The number of hydrogen-bond acceptors (Lipinski definition) is 5. The Kier molecular flexibility index (Phi) is 4.75. The highest BCUT2D eigenvalue weighted by Gasteiger charge is 2.41. The first-order valence-electron chi connectivity index (χ1n) is 7.88. The summed E-state index contributed by atoms with van der Waals surface area (Å²) in [5.74, 6) is -0.194. The van der Waals surface area contributed by atoms with Crippen molar-refractivity contribution < 1.29 is 17.9 Å². The van der Waals surface area contributed by atoms with Gasteiger partial charge in [-0.1, -0.05) is 6.07 Å². The number of pyridine rings is 1. The van der Waals surface area contributed by atoms with E-state index in [1.807, 2.05) is 0 Å². The average molecular weight is 355 g/mol. The molecule has 132 valence electrons. The summed E-state index contributed by atoms with van der Waals surface area (Å²) in [5, 5.41) is 0. The largest absolute Gasteiger partial charge is 0.375 e.